The molecule has 0 fully saturated rings. The van der Waals surface area contributed by atoms with E-state index in [0.717, 1.165) is 16.3 Å². The van der Waals surface area contributed by atoms with Gasteiger partial charge in [-0.05, 0) is 66.5 Å². The van der Waals surface area contributed by atoms with E-state index in [0.29, 0.717) is 24.9 Å². The highest BCUT2D eigenvalue weighted by molar-refractivity contribution is 5.95. The number of hydrogen-bond donors (Lipinski definition) is 8. The first kappa shape index (κ1) is 39.6. The van der Waals surface area contributed by atoms with Crippen LogP contribution in [0.2, 0.25) is 0 Å². The number of rotatable bonds is 20. The molecule has 50 heavy (non-hydrogen) atoms. The largest absolute Gasteiger partial charge is 0.480 e. The minimum atomic E-state index is -1.49. The Balaban J connectivity index is 1.71. The summed E-state index contributed by atoms with van der Waals surface area (Å²) in [6.45, 7) is 3.21. The highest BCUT2D eigenvalue weighted by Gasteiger charge is 2.32. The average Bonchev–Trinajstić information content (AvgIpc) is 3.09. The maximum atomic E-state index is 13.5. The molecular weight excluding hydrogens is 640 g/mol. The van der Waals surface area contributed by atoms with E-state index >= 15 is 0 Å². The van der Waals surface area contributed by atoms with Crippen LogP contribution in [0.15, 0.2) is 72.8 Å². The number of unbranched alkanes of at least 4 members (excludes halogenated alkanes) is 1. The fraction of sp³-hybridized carbons (Fsp3) is 0.432. The maximum absolute atomic E-state index is 13.5. The van der Waals surface area contributed by atoms with Crippen LogP contribution < -0.4 is 32.7 Å². The van der Waals surface area contributed by atoms with Crippen LogP contribution in [0, 0.1) is 5.92 Å². The summed E-state index contributed by atoms with van der Waals surface area (Å²) < 4.78 is 0. The zero-order valence-corrected chi connectivity index (χ0v) is 28.6. The number of carboxylic acids is 1. The molecule has 0 saturated heterocycles. The first-order valence-electron chi connectivity index (χ1n) is 16.9. The highest BCUT2D eigenvalue weighted by atomic mass is 16.4. The molecule has 3 rings (SSSR count). The molecule has 5 atom stereocenters. The van der Waals surface area contributed by atoms with Crippen molar-refractivity contribution in [2.24, 2.45) is 17.4 Å². The van der Waals surface area contributed by atoms with E-state index in [1.54, 1.807) is 30.3 Å². The fourth-order valence-electron chi connectivity index (χ4n) is 5.52. The molecule has 10 N–H and O–H groups in total. The van der Waals surface area contributed by atoms with Crippen LogP contribution >= 0.6 is 0 Å². The number of carbonyl (C=O) groups is 5. The number of carboxylic acid groups (broad SMARTS) is 1. The third kappa shape index (κ3) is 12.6. The summed E-state index contributed by atoms with van der Waals surface area (Å²) in [5, 5.41) is 32.1. The SMILES string of the molecule is CC(C)CC(NC(=O)C(Cc1ccccc1)NC(=O)C(CO)NC(=O)C(CCCCN)NC(=O)C(N)Cc1ccc2ccccc2c1)C(=O)O. The number of aliphatic hydroxyl groups is 1. The van der Waals surface area contributed by atoms with Crippen molar-refractivity contribution in [1.82, 2.24) is 21.3 Å². The van der Waals surface area contributed by atoms with Crippen molar-refractivity contribution in [3.8, 4) is 0 Å². The predicted octanol–water partition coefficient (Wildman–Crippen LogP) is 1.14. The molecule has 0 spiro atoms. The molecule has 3 aromatic rings. The molecular formula is C37H50N6O7. The van der Waals surface area contributed by atoms with Crippen LogP contribution in [0.5, 0.6) is 0 Å². The predicted molar refractivity (Wildman–Crippen MR) is 191 cm³/mol. The van der Waals surface area contributed by atoms with Gasteiger partial charge < -0.3 is 42.9 Å². The van der Waals surface area contributed by atoms with Gasteiger partial charge >= 0.3 is 5.97 Å². The van der Waals surface area contributed by atoms with Crippen molar-refractivity contribution in [3.05, 3.63) is 83.9 Å². The van der Waals surface area contributed by atoms with Gasteiger partial charge in [-0.1, -0.05) is 86.6 Å². The Bertz CT molecular complexity index is 1580. The summed E-state index contributed by atoms with van der Waals surface area (Å²) in [6.07, 6.45) is 1.68. The summed E-state index contributed by atoms with van der Waals surface area (Å²) in [5.74, 6) is -4.13. The molecule has 0 aliphatic carbocycles. The lowest BCUT2D eigenvalue weighted by Gasteiger charge is -2.26. The normalized spacial score (nSPS) is 14.2. The molecule has 270 valence electrons. The monoisotopic (exact) mass is 690 g/mol. The van der Waals surface area contributed by atoms with Crippen molar-refractivity contribution in [3.63, 3.8) is 0 Å². The second kappa shape index (κ2) is 20.0. The standard InChI is InChI=1S/C37H50N6O7/c1-23(2)18-31(37(49)50)42-35(47)30(21-24-10-4-3-5-11-24)41-36(48)32(22-44)43-34(46)29(14-8-9-17-38)40-33(45)28(39)20-25-15-16-26-12-6-7-13-27(26)19-25/h3-7,10-13,15-16,19,23,28-32,44H,8-9,14,17-18,20-22,38-39H2,1-2H3,(H,40,45)(H,41,48)(H,42,47)(H,43,46)(H,49,50). The first-order chi connectivity index (χ1) is 23.9. The summed E-state index contributed by atoms with van der Waals surface area (Å²) in [6, 6.07) is 16.4. The molecule has 0 radical (unpaired) electrons. The van der Waals surface area contributed by atoms with Gasteiger partial charge in [0.25, 0.3) is 0 Å². The number of aliphatic hydroxyl groups excluding tert-OH is 1. The second-order valence-electron chi connectivity index (χ2n) is 12.9. The summed E-state index contributed by atoms with van der Waals surface area (Å²) in [5.41, 5.74) is 13.4. The Kier molecular flexibility index (Phi) is 15.8. The summed E-state index contributed by atoms with van der Waals surface area (Å²) >= 11 is 0. The van der Waals surface area contributed by atoms with E-state index in [9.17, 15) is 34.2 Å². The highest BCUT2D eigenvalue weighted by Crippen LogP contribution is 2.17. The molecule has 0 heterocycles. The lowest BCUT2D eigenvalue weighted by molar-refractivity contribution is -0.142. The fourth-order valence-corrected chi connectivity index (χ4v) is 5.52. The van der Waals surface area contributed by atoms with Crippen molar-refractivity contribution in [2.45, 2.75) is 82.6 Å². The van der Waals surface area contributed by atoms with E-state index in [4.69, 9.17) is 11.5 Å². The van der Waals surface area contributed by atoms with Gasteiger partial charge in [0, 0.05) is 6.42 Å². The number of amides is 4. The van der Waals surface area contributed by atoms with E-state index in [1.165, 1.54) is 0 Å². The minimum Gasteiger partial charge on any atom is -0.480 e. The Labute approximate surface area is 292 Å². The number of fused-ring (bicyclic) bond motifs is 1. The zero-order valence-electron chi connectivity index (χ0n) is 28.6. The van der Waals surface area contributed by atoms with Gasteiger partial charge in [0.15, 0.2) is 0 Å². The van der Waals surface area contributed by atoms with Gasteiger partial charge in [-0.15, -0.1) is 0 Å². The van der Waals surface area contributed by atoms with Gasteiger partial charge in [0.05, 0.1) is 12.6 Å². The maximum Gasteiger partial charge on any atom is 0.326 e. The van der Waals surface area contributed by atoms with Crippen molar-refractivity contribution < 1.29 is 34.2 Å². The number of hydrogen-bond acceptors (Lipinski definition) is 8. The Hall–Kier alpha value is -4.85. The van der Waals surface area contributed by atoms with Crippen LogP contribution in [-0.2, 0) is 36.8 Å². The molecule has 13 nitrogen and oxygen atoms in total. The van der Waals surface area contributed by atoms with Crippen LogP contribution in [-0.4, -0.2) is 83.2 Å². The summed E-state index contributed by atoms with van der Waals surface area (Å²) in [7, 11) is 0. The van der Waals surface area contributed by atoms with Gasteiger partial charge in [-0.2, -0.15) is 0 Å². The van der Waals surface area contributed by atoms with Crippen molar-refractivity contribution >= 4 is 40.4 Å². The number of nitrogens with one attached hydrogen (secondary N) is 4. The molecule has 0 saturated carbocycles. The van der Waals surface area contributed by atoms with Gasteiger partial charge in [-0.25, -0.2) is 4.79 Å². The molecule has 13 heteroatoms. The number of carbonyl (C=O) groups excluding carboxylic acids is 4. The molecule has 5 unspecified atom stereocenters. The number of benzene rings is 3. The Morgan fingerprint density at radius 2 is 1.24 bits per heavy atom. The van der Waals surface area contributed by atoms with Crippen molar-refractivity contribution in [1.29, 1.82) is 0 Å². The molecule has 0 aliphatic heterocycles. The second-order valence-corrected chi connectivity index (χ2v) is 12.9. The Morgan fingerprint density at radius 1 is 0.660 bits per heavy atom. The van der Waals surface area contributed by atoms with Gasteiger partial charge in [0.2, 0.25) is 23.6 Å². The average molecular weight is 691 g/mol. The van der Waals surface area contributed by atoms with E-state index in [1.807, 2.05) is 56.3 Å². The lowest BCUT2D eigenvalue weighted by Crippen LogP contribution is -2.59. The quantitative estimate of drug-likeness (QED) is 0.0795. The lowest BCUT2D eigenvalue weighted by atomic mass is 10.0. The smallest absolute Gasteiger partial charge is 0.326 e. The summed E-state index contributed by atoms with van der Waals surface area (Å²) in [4.78, 5) is 65.3. The topological polar surface area (TPSA) is 226 Å². The van der Waals surface area contributed by atoms with Crippen LogP contribution in [0.4, 0.5) is 0 Å². The minimum absolute atomic E-state index is 0.0192. The van der Waals surface area contributed by atoms with E-state index in [-0.39, 0.29) is 31.6 Å². The molecule has 4 amide bonds. The Morgan fingerprint density at radius 3 is 1.88 bits per heavy atom. The third-order valence-corrected chi connectivity index (χ3v) is 8.24. The molecule has 3 aromatic carbocycles. The zero-order chi connectivity index (χ0) is 36.6. The van der Waals surface area contributed by atoms with Crippen molar-refractivity contribution in [2.75, 3.05) is 13.2 Å². The van der Waals surface area contributed by atoms with Crippen LogP contribution in [0.1, 0.15) is 50.7 Å². The van der Waals surface area contributed by atoms with Crippen LogP contribution in [0.3, 0.4) is 0 Å². The number of nitrogens with two attached hydrogens (primary N) is 2. The molecule has 0 aromatic heterocycles. The third-order valence-electron chi connectivity index (χ3n) is 8.24. The number of aliphatic carboxylic acids is 1. The molecule has 0 aliphatic rings. The molecule has 0 bridgehead atoms. The van der Waals surface area contributed by atoms with Crippen LogP contribution in [0.25, 0.3) is 10.8 Å². The van der Waals surface area contributed by atoms with Gasteiger partial charge in [0.1, 0.15) is 24.2 Å². The van der Waals surface area contributed by atoms with E-state index in [2.05, 4.69) is 21.3 Å². The first-order valence-corrected chi connectivity index (χ1v) is 16.9. The van der Waals surface area contributed by atoms with E-state index < -0.39 is 66.4 Å². The van der Waals surface area contributed by atoms with Gasteiger partial charge in [-0.3, -0.25) is 19.2 Å².